The topological polar surface area (TPSA) is 90.5 Å². The van der Waals surface area contributed by atoms with Gasteiger partial charge >= 0.3 is 6.03 Å². The minimum absolute atomic E-state index is 0.0760. The number of rotatable bonds is 3. The van der Waals surface area contributed by atoms with Gasteiger partial charge in [-0.1, -0.05) is 12.1 Å². The summed E-state index contributed by atoms with van der Waals surface area (Å²) in [6, 6.07) is 12.7. The van der Waals surface area contributed by atoms with E-state index < -0.39 is 11.9 Å². The number of phenolic OH excluding ortho intramolecular Hbond substituents is 1. The molecule has 0 saturated carbocycles. The van der Waals surface area contributed by atoms with Gasteiger partial charge < -0.3 is 10.4 Å². The number of hydrogen-bond donors (Lipinski definition) is 4. The van der Waals surface area contributed by atoms with Gasteiger partial charge in [-0.3, -0.25) is 10.2 Å². The molecule has 0 unspecified atom stereocenters. The van der Waals surface area contributed by atoms with E-state index in [2.05, 4.69) is 16.2 Å². The maximum atomic E-state index is 11.8. The molecule has 2 rings (SSSR count). The van der Waals surface area contributed by atoms with E-state index in [9.17, 15) is 14.7 Å². The average Bonchev–Trinajstić information content (AvgIpc) is 2.54. The average molecular weight is 317 g/mol. The van der Waals surface area contributed by atoms with E-state index in [0.717, 1.165) is 4.90 Å². The summed E-state index contributed by atoms with van der Waals surface area (Å²) in [5.74, 6) is -0.763. The molecule has 0 aliphatic heterocycles. The Hall–Kier alpha value is -2.67. The van der Waals surface area contributed by atoms with Crippen LogP contribution in [0.5, 0.6) is 5.75 Å². The van der Waals surface area contributed by atoms with Gasteiger partial charge in [0.15, 0.2) is 0 Å². The van der Waals surface area contributed by atoms with E-state index in [1.54, 1.807) is 36.0 Å². The van der Waals surface area contributed by atoms with Crippen molar-refractivity contribution in [2.45, 2.75) is 4.90 Å². The lowest BCUT2D eigenvalue weighted by Gasteiger charge is -2.10. The predicted octanol–water partition coefficient (Wildman–Crippen LogP) is 2.58. The number of urea groups is 1. The van der Waals surface area contributed by atoms with Gasteiger partial charge in [-0.25, -0.2) is 10.2 Å². The van der Waals surface area contributed by atoms with Gasteiger partial charge in [0.25, 0.3) is 5.91 Å². The molecule has 114 valence electrons. The van der Waals surface area contributed by atoms with Crippen molar-refractivity contribution in [2.75, 3.05) is 11.6 Å². The number of aromatic hydroxyl groups is 1. The van der Waals surface area contributed by atoms with Crippen molar-refractivity contribution >= 4 is 29.4 Å². The van der Waals surface area contributed by atoms with Gasteiger partial charge in [-0.15, -0.1) is 11.8 Å². The minimum Gasteiger partial charge on any atom is -0.507 e. The van der Waals surface area contributed by atoms with Crippen LogP contribution in [0.4, 0.5) is 10.5 Å². The number of anilines is 1. The highest BCUT2D eigenvalue weighted by molar-refractivity contribution is 7.98. The molecule has 0 aliphatic carbocycles. The van der Waals surface area contributed by atoms with Crippen molar-refractivity contribution in [3.8, 4) is 5.75 Å². The van der Waals surface area contributed by atoms with Crippen LogP contribution in [0.2, 0.25) is 0 Å². The highest BCUT2D eigenvalue weighted by Gasteiger charge is 2.10. The van der Waals surface area contributed by atoms with E-state index >= 15 is 0 Å². The number of thioether (sulfide) groups is 1. The molecule has 4 N–H and O–H groups in total. The van der Waals surface area contributed by atoms with E-state index in [0.29, 0.717) is 5.69 Å². The summed E-state index contributed by atoms with van der Waals surface area (Å²) in [7, 11) is 0. The monoisotopic (exact) mass is 317 g/mol. The number of para-hydroxylation sites is 1. The normalized spacial score (nSPS) is 9.86. The van der Waals surface area contributed by atoms with Crippen molar-refractivity contribution in [3.63, 3.8) is 0 Å². The molecule has 2 aromatic carbocycles. The van der Waals surface area contributed by atoms with Gasteiger partial charge in [-0.2, -0.15) is 0 Å². The van der Waals surface area contributed by atoms with Gasteiger partial charge in [0.2, 0.25) is 0 Å². The lowest BCUT2D eigenvalue weighted by molar-refractivity contribution is 0.0935. The van der Waals surface area contributed by atoms with Crippen molar-refractivity contribution < 1.29 is 14.7 Å². The first-order valence-corrected chi connectivity index (χ1v) is 7.62. The van der Waals surface area contributed by atoms with Crippen molar-refractivity contribution in [3.05, 3.63) is 54.1 Å². The molecule has 0 spiro atoms. The molecule has 3 amide bonds. The first-order chi connectivity index (χ1) is 10.6. The van der Waals surface area contributed by atoms with Crippen LogP contribution < -0.4 is 16.2 Å². The van der Waals surface area contributed by atoms with Gasteiger partial charge in [-0.05, 0) is 42.7 Å². The fraction of sp³-hybridized carbons (Fsp3) is 0.0667. The van der Waals surface area contributed by atoms with Crippen LogP contribution in [-0.2, 0) is 0 Å². The first-order valence-electron chi connectivity index (χ1n) is 6.39. The van der Waals surface area contributed by atoms with E-state index in [4.69, 9.17) is 0 Å². The van der Waals surface area contributed by atoms with Gasteiger partial charge in [0.05, 0.1) is 5.56 Å². The molecule has 0 heterocycles. The van der Waals surface area contributed by atoms with Crippen LogP contribution in [-0.4, -0.2) is 23.3 Å². The summed E-state index contributed by atoms with van der Waals surface area (Å²) in [6.07, 6.45) is 1.96. The maximum Gasteiger partial charge on any atom is 0.337 e. The molecule has 7 heteroatoms. The van der Waals surface area contributed by atoms with Crippen LogP contribution in [0.1, 0.15) is 10.4 Å². The summed E-state index contributed by atoms with van der Waals surface area (Å²) in [5, 5.41) is 12.1. The molecule has 0 bridgehead atoms. The van der Waals surface area contributed by atoms with Crippen LogP contribution >= 0.6 is 11.8 Å². The Morgan fingerprint density at radius 1 is 1.00 bits per heavy atom. The highest BCUT2D eigenvalue weighted by Crippen LogP contribution is 2.17. The smallest absolute Gasteiger partial charge is 0.337 e. The Labute approximate surface area is 131 Å². The second-order valence-electron chi connectivity index (χ2n) is 4.28. The third-order valence-corrected chi connectivity index (χ3v) is 3.53. The largest absolute Gasteiger partial charge is 0.507 e. The highest BCUT2D eigenvalue weighted by atomic mass is 32.2. The third kappa shape index (κ3) is 4.16. The van der Waals surface area contributed by atoms with Crippen LogP contribution in [0.25, 0.3) is 0 Å². The quantitative estimate of drug-likeness (QED) is 0.517. The molecule has 0 atom stereocenters. The number of hydrogen-bond acceptors (Lipinski definition) is 4. The SMILES string of the molecule is CSc1ccc(NC(=O)NNC(=O)c2ccccc2O)cc1. The summed E-state index contributed by atoms with van der Waals surface area (Å²) in [6.45, 7) is 0. The Bertz CT molecular complexity index is 674. The Morgan fingerprint density at radius 2 is 1.68 bits per heavy atom. The zero-order chi connectivity index (χ0) is 15.9. The molecule has 0 aliphatic rings. The second-order valence-corrected chi connectivity index (χ2v) is 5.16. The number of carbonyl (C=O) groups excluding carboxylic acids is 2. The number of hydrazine groups is 1. The maximum absolute atomic E-state index is 11.8. The number of carbonyl (C=O) groups is 2. The van der Waals surface area contributed by atoms with E-state index in [1.165, 1.54) is 12.1 Å². The molecule has 0 aromatic heterocycles. The van der Waals surface area contributed by atoms with Crippen molar-refractivity contribution in [2.24, 2.45) is 0 Å². The molecule has 6 nitrogen and oxygen atoms in total. The van der Waals surface area contributed by atoms with Crippen LogP contribution in [0, 0.1) is 0 Å². The molecular weight excluding hydrogens is 302 g/mol. The molecule has 0 saturated heterocycles. The lowest BCUT2D eigenvalue weighted by Crippen LogP contribution is -2.43. The van der Waals surface area contributed by atoms with Crippen LogP contribution in [0.3, 0.4) is 0 Å². The fourth-order valence-corrected chi connectivity index (χ4v) is 2.09. The predicted molar refractivity (Wildman–Crippen MR) is 86.0 cm³/mol. The number of phenols is 1. The Kier molecular flexibility index (Phi) is 5.26. The Morgan fingerprint density at radius 3 is 2.32 bits per heavy atom. The van der Waals surface area contributed by atoms with Crippen molar-refractivity contribution in [1.29, 1.82) is 0 Å². The standard InChI is InChI=1S/C15H15N3O3S/c1-22-11-8-6-10(7-9-11)16-15(21)18-17-14(20)12-4-2-3-5-13(12)19/h2-9,19H,1H3,(H,17,20)(H2,16,18,21). The minimum atomic E-state index is -0.606. The van der Waals surface area contributed by atoms with Gasteiger partial charge in [0, 0.05) is 10.6 Å². The summed E-state index contributed by atoms with van der Waals surface area (Å²) >= 11 is 1.60. The molecule has 22 heavy (non-hydrogen) atoms. The number of nitrogens with one attached hydrogen (secondary N) is 3. The van der Waals surface area contributed by atoms with Crippen LogP contribution in [0.15, 0.2) is 53.4 Å². The first kappa shape index (κ1) is 15.7. The number of amides is 3. The number of benzene rings is 2. The van der Waals surface area contributed by atoms with Crippen molar-refractivity contribution in [1.82, 2.24) is 10.9 Å². The molecular formula is C15H15N3O3S. The third-order valence-electron chi connectivity index (χ3n) is 2.79. The summed E-state index contributed by atoms with van der Waals surface area (Å²) in [4.78, 5) is 24.6. The van der Waals surface area contributed by atoms with E-state index in [-0.39, 0.29) is 11.3 Å². The molecule has 0 fully saturated rings. The van der Waals surface area contributed by atoms with Gasteiger partial charge in [0.1, 0.15) is 5.75 Å². The summed E-state index contributed by atoms with van der Waals surface area (Å²) < 4.78 is 0. The second kappa shape index (κ2) is 7.37. The molecule has 0 radical (unpaired) electrons. The zero-order valence-corrected chi connectivity index (χ0v) is 12.6. The fourth-order valence-electron chi connectivity index (χ4n) is 1.68. The lowest BCUT2D eigenvalue weighted by atomic mass is 10.2. The van der Waals surface area contributed by atoms with E-state index in [1.807, 2.05) is 18.4 Å². The zero-order valence-electron chi connectivity index (χ0n) is 11.8. The molecule has 2 aromatic rings. The Balaban J connectivity index is 1.87. The summed E-state index contributed by atoms with van der Waals surface area (Å²) in [5.41, 5.74) is 5.12.